The number of nitrogens with zero attached hydrogens (tertiary/aromatic N) is 5. The number of fused-ring (bicyclic) bond motifs is 1. The summed E-state index contributed by atoms with van der Waals surface area (Å²) in [7, 11) is 0. The minimum Gasteiger partial charge on any atom is -0.366 e. The van der Waals surface area contributed by atoms with Crippen LogP contribution in [0.25, 0.3) is 22.3 Å². The molecule has 0 spiro atoms. The molecule has 1 aliphatic heterocycles. The minimum atomic E-state index is -0.956. The molecule has 4 N–H and O–H groups in total. The number of pyridine rings is 2. The molecule has 3 aromatic heterocycles. The molecule has 37 heavy (non-hydrogen) atoms. The lowest BCUT2D eigenvalue weighted by Gasteiger charge is -2.30. The summed E-state index contributed by atoms with van der Waals surface area (Å²) in [5.41, 5.74) is 7.01. The number of primary amides is 1. The normalized spacial score (nSPS) is 15.7. The molecule has 1 amide bonds. The first-order chi connectivity index (χ1) is 18.0. The molecule has 6 rings (SSSR count). The number of hydrogen-bond acceptors (Lipinski definition) is 8. The summed E-state index contributed by atoms with van der Waals surface area (Å²) in [6.45, 7) is 3.36. The van der Waals surface area contributed by atoms with E-state index in [4.69, 9.17) is 15.7 Å². The molecule has 0 atom stereocenters. The molecule has 0 radical (unpaired) electrons. The summed E-state index contributed by atoms with van der Waals surface area (Å²) in [4.78, 5) is 32.0. The molecule has 188 valence electrons. The van der Waals surface area contributed by atoms with E-state index in [2.05, 4.69) is 25.5 Å². The maximum absolute atomic E-state index is 14.5. The van der Waals surface area contributed by atoms with Gasteiger partial charge in [0, 0.05) is 55.1 Å². The average Bonchev–Trinajstić information content (AvgIpc) is 3.76. The zero-order chi connectivity index (χ0) is 25.5. The first kappa shape index (κ1) is 23.2. The van der Waals surface area contributed by atoms with Gasteiger partial charge in [-0.15, -0.1) is 0 Å². The first-order valence-corrected chi connectivity index (χ1v) is 12.1. The summed E-state index contributed by atoms with van der Waals surface area (Å²) < 4.78 is 29.1. The van der Waals surface area contributed by atoms with Crippen LogP contribution < -0.4 is 21.3 Å². The average molecular weight is 503 g/mol. The van der Waals surface area contributed by atoms with Crippen LogP contribution in [-0.4, -0.2) is 52.0 Å². The highest BCUT2D eigenvalue weighted by atomic mass is 19.1. The molecule has 1 saturated heterocycles. The van der Waals surface area contributed by atoms with Crippen LogP contribution in [0.1, 0.15) is 34.7 Å². The number of piperazine rings is 1. The number of amides is 1. The molecular formula is C26H24F2N8O. The number of hydrogen-bond donors (Lipinski definition) is 3. The van der Waals surface area contributed by atoms with Gasteiger partial charge >= 0.3 is 0 Å². The predicted octanol–water partition coefficient (Wildman–Crippen LogP) is 3.49. The van der Waals surface area contributed by atoms with Crippen molar-refractivity contribution in [1.29, 1.82) is 0 Å². The van der Waals surface area contributed by atoms with Crippen LogP contribution >= 0.6 is 0 Å². The molecule has 2 aliphatic rings. The Morgan fingerprint density at radius 3 is 2.54 bits per heavy atom. The van der Waals surface area contributed by atoms with Crippen molar-refractivity contribution in [3.63, 3.8) is 0 Å². The number of nitrogens with two attached hydrogens (primary N) is 1. The summed E-state index contributed by atoms with van der Waals surface area (Å²) in [5, 5.41) is 7.08. The highest BCUT2D eigenvalue weighted by Crippen LogP contribution is 2.44. The van der Waals surface area contributed by atoms with Gasteiger partial charge in [-0.1, -0.05) is 0 Å². The molecule has 1 aliphatic carbocycles. The lowest BCUT2D eigenvalue weighted by atomic mass is 10.1. The van der Waals surface area contributed by atoms with Crippen LogP contribution in [0.5, 0.6) is 0 Å². The van der Waals surface area contributed by atoms with Crippen LogP contribution in [0.3, 0.4) is 0 Å². The van der Waals surface area contributed by atoms with Crippen molar-refractivity contribution < 1.29 is 13.6 Å². The predicted molar refractivity (Wildman–Crippen MR) is 136 cm³/mol. The third-order valence-electron chi connectivity index (χ3n) is 6.65. The Balaban J connectivity index is 1.41. The van der Waals surface area contributed by atoms with Crippen molar-refractivity contribution in [2.24, 2.45) is 5.73 Å². The van der Waals surface area contributed by atoms with E-state index < -0.39 is 23.2 Å². The van der Waals surface area contributed by atoms with Crippen LogP contribution in [0.15, 0.2) is 42.9 Å². The molecule has 9 nitrogen and oxygen atoms in total. The standard InChI is InChI=1S/C26H24F2N8O/c27-18-9-16(24(29)37)10-19(28)23(18)34-21-11-15(3-4-32-21)25-33-20-13-31-12-17(14-1-2-14)22(20)26(35-25)36-7-5-30-6-8-36/h3-4,9-14,30H,1-2,5-8H2,(H2,29,37)(H,32,34). The van der Waals surface area contributed by atoms with Crippen molar-refractivity contribution in [3.8, 4) is 11.4 Å². The van der Waals surface area contributed by atoms with E-state index in [0.29, 0.717) is 17.3 Å². The Bertz CT molecular complexity index is 1500. The van der Waals surface area contributed by atoms with Gasteiger partial charge in [0.1, 0.15) is 29.0 Å². The fourth-order valence-electron chi connectivity index (χ4n) is 4.63. The van der Waals surface area contributed by atoms with E-state index in [0.717, 1.165) is 67.9 Å². The highest BCUT2D eigenvalue weighted by molar-refractivity contribution is 5.94. The number of aromatic nitrogens is 4. The van der Waals surface area contributed by atoms with Gasteiger partial charge in [0.2, 0.25) is 5.91 Å². The van der Waals surface area contributed by atoms with Crippen molar-refractivity contribution in [1.82, 2.24) is 25.3 Å². The molecule has 4 heterocycles. The Morgan fingerprint density at radius 2 is 1.84 bits per heavy atom. The number of rotatable bonds is 6. The molecule has 1 aromatic carbocycles. The summed E-state index contributed by atoms with van der Waals surface area (Å²) in [6.07, 6.45) is 7.47. The zero-order valence-electron chi connectivity index (χ0n) is 19.8. The van der Waals surface area contributed by atoms with Gasteiger partial charge in [-0.25, -0.2) is 23.7 Å². The monoisotopic (exact) mass is 502 g/mol. The van der Waals surface area contributed by atoms with Gasteiger partial charge < -0.3 is 21.3 Å². The lowest BCUT2D eigenvalue weighted by molar-refractivity contribution is 0.0999. The first-order valence-electron chi connectivity index (χ1n) is 12.1. The molecule has 0 bridgehead atoms. The SMILES string of the molecule is NC(=O)c1cc(F)c(Nc2cc(-c3nc(N4CCNCC4)c4c(C5CC5)cncc4n3)ccn2)c(F)c1. The topological polar surface area (TPSA) is 122 Å². The quantitative estimate of drug-likeness (QED) is 0.366. The van der Waals surface area contributed by atoms with Crippen molar-refractivity contribution in [2.75, 3.05) is 36.4 Å². The third kappa shape index (κ3) is 4.53. The number of carbonyl (C=O) groups excluding carboxylic acids is 1. The molecular weight excluding hydrogens is 478 g/mol. The van der Waals surface area contributed by atoms with Gasteiger partial charge in [0.05, 0.1) is 11.7 Å². The van der Waals surface area contributed by atoms with E-state index >= 15 is 0 Å². The third-order valence-corrected chi connectivity index (χ3v) is 6.65. The van der Waals surface area contributed by atoms with Crippen molar-refractivity contribution in [3.05, 3.63) is 65.6 Å². The van der Waals surface area contributed by atoms with Gasteiger partial charge in [-0.2, -0.15) is 0 Å². The highest BCUT2D eigenvalue weighted by Gasteiger charge is 2.29. The smallest absolute Gasteiger partial charge is 0.248 e. The van der Waals surface area contributed by atoms with Crippen LogP contribution in [0.2, 0.25) is 0 Å². The second-order valence-corrected chi connectivity index (χ2v) is 9.24. The van der Waals surface area contributed by atoms with E-state index in [1.165, 1.54) is 11.8 Å². The largest absolute Gasteiger partial charge is 0.366 e. The number of carbonyl (C=O) groups is 1. The fourth-order valence-corrected chi connectivity index (χ4v) is 4.63. The second-order valence-electron chi connectivity index (χ2n) is 9.24. The fraction of sp³-hybridized carbons (Fsp3) is 0.269. The maximum atomic E-state index is 14.5. The summed E-state index contributed by atoms with van der Waals surface area (Å²) in [5.74, 6) is -0.820. The molecule has 4 aromatic rings. The minimum absolute atomic E-state index is 0.194. The molecule has 2 fully saturated rings. The second kappa shape index (κ2) is 9.32. The zero-order valence-corrected chi connectivity index (χ0v) is 19.8. The van der Waals surface area contributed by atoms with Crippen molar-refractivity contribution >= 4 is 34.1 Å². The van der Waals surface area contributed by atoms with Gasteiger partial charge in [0.25, 0.3) is 0 Å². The van der Waals surface area contributed by atoms with E-state index in [-0.39, 0.29) is 11.4 Å². The van der Waals surface area contributed by atoms with E-state index in [1.807, 2.05) is 6.20 Å². The van der Waals surface area contributed by atoms with Crippen LogP contribution in [0, 0.1) is 11.6 Å². The van der Waals surface area contributed by atoms with Gasteiger partial charge in [-0.3, -0.25) is 9.78 Å². The number of nitrogens with one attached hydrogen (secondary N) is 2. The van der Waals surface area contributed by atoms with E-state index in [9.17, 15) is 13.6 Å². The number of halogens is 2. The van der Waals surface area contributed by atoms with Gasteiger partial charge in [-0.05, 0) is 48.6 Å². The lowest BCUT2D eigenvalue weighted by Crippen LogP contribution is -2.44. The Morgan fingerprint density at radius 1 is 1.08 bits per heavy atom. The Labute approximate surface area is 211 Å². The van der Waals surface area contributed by atoms with Gasteiger partial charge in [0.15, 0.2) is 5.82 Å². The Hall–Kier alpha value is -4.25. The molecule has 11 heteroatoms. The maximum Gasteiger partial charge on any atom is 0.248 e. The Kier molecular flexibility index (Phi) is 5.84. The van der Waals surface area contributed by atoms with Crippen LogP contribution in [0.4, 0.5) is 26.1 Å². The van der Waals surface area contributed by atoms with Crippen molar-refractivity contribution in [2.45, 2.75) is 18.8 Å². The number of benzene rings is 1. The number of anilines is 3. The summed E-state index contributed by atoms with van der Waals surface area (Å²) in [6, 6.07) is 5.14. The molecule has 0 unspecified atom stereocenters. The molecule has 1 saturated carbocycles. The van der Waals surface area contributed by atoms with Crippen LogP contribution in [-0.2, 0) is 0 Å². The van der Waals surface area contributed by atoms with E-state index in [1.54, 1.807) is 18.3 Å². The summed E-state index contributed by atoms with van der Waals surface area (Å²) >= 11 is 0.